The van der Waals surface area contributed by atoms with Crippen molar-refractivity contribution >= 4 is 33.9 Å². The Kier molecular flexibility index (Phi) is 9.49. The predicted octanol–water partition coefficient (Wildman–Crippen LogP) is 6.98. The Morgan fingerprint density at radius 1 is 0.868 bits per heavy atom. The summed E-state index contributed by atoms with van der Waals surface area (Å²) >= 11 is 5.93. The van der Waals surface area contributed by atoms with Crippen molar-refractivity contribution in [1.29, 1.82) is 0 Å². The lowest BCUT2D eigenvalue weighted by Crippen LogP contribution is -2.35. The Morgan fingerprint density at radius 2 is 1.63 bits per heavy atom. The number of aromatic nitrogens is 1. The highest BCUT2D eigenvalue weighted by molar-refractivity contribution is 7.80. The zero-order valence-corrected chi connectivity index (χ0v) is 23.5. The van der Waals surface area contributed by atoms with Gasteiger partial charge in [-0.25, -0.2) is 0 Å². The number of methoxy groups -OCH3 is 3. The molecular weight excluding hydrogens is 494 g/mol. The average molecular weight is 532 g/mol. The molecule has 0 aliphatic carbocycles. The van der Waals surface area contributed by atoms with Crippen molar-refractivity contribution in [3.8, 4) is 17.2 Å². The van der Waals surface area contributed by atoms with Gasteiger partial charge in [0.1, 0.15) is 5.75 Å². The summed E-state index contributed by atoms with van der Waals surface area (Å²) in [5, 5.41) is 5.30. The number of ether oxygens (including phenoxy) is 3. The minimum absolute atomic E-state index is 0.631. The third-order valence-electron chi connectivity index (χ3n) is 6.76. The van der Waals surface area contributed by atoms with Crippen molar-refractivity contribution in [2.24, 2.45) is 0 Å². The van der Waals surface area contributed by atoms with Crippen LogP contribution in [0.4, 0.5) is 5.69 Å². The van der Waals surface area contributed by atoms with Gasteiger partial charge >= 0.3 is 0 Å². The molecule has 0 bridgehead atoms. The molecule has 7 heteroatoms. The molecule has 0 spiro atoms. The van der Waals surface area contributed by atoms with Crippen molar-refractivity contribution in [2.45, 2.75) is 39.2 Å². The van der Waals surface area contributed by atoms with Crippen LogP contribution in [-0.2, 0) is 19.4 Å². The summed E-state index contributed by atoms with van der Waals surface area (Å²) < 4.78 is 16.4. The number of anilines is 1. The van der Waals surface area contributed by atoms with Gasteiger partial charge in [0, 0.05) is 35.9 Å². The average Bonchev–Trinajstić information content (AvgIpc) is 3.36. The zero-order chi connectivity index (χ0) is 26.9. The fourth-order valence-corrected chi connectivity index (χ4v) is 4.81. The van der Waals surface area contributed by atoms with Gasteiger partial charge in [-0.15, -0.1) is 0 Å². The van der Waals surface area contributed by atoms with E-state index < -0.39 is 0 Å². The number of hydrogen-bond donors (Lipinski definition) is 2. The van der Waals surface area contributed by atoms with E-state index >= 15 is 0 Å². The molecule has 6 nitrogen and oxygen atoms in total. The van der Waals surface area contributed by atoms with Crippen LogP contribution in [0.25, 0.3) is 10.9 Å². The molecule has 4 rings (SSSR count). The molecule has 200 valence electrons. The van der Waals surface area contributed by atoms with Crippen molar-refractivity contribution in [1.82, 2.24) is 9.88 Å². The fourth-order valence-electron chi connectivity index (χ4n) is 4.54. The van der Waals surface area contributed by atoms with Gasteiger partial charge in [-0.05, 0) is 90.6 Å². The first kappa shape index (κ1) is 27.3. The van der Waals surface area contributed by atoms with Crippen LogP contribution < -0.4 is 19.5 Å². The lowest BCUT2D eigenvalue weighted by atomic mass is 10.1. The van der Waals surface area contributed by atoms with E-state index in [0.29, 0.717) is 23.2 Å². The van der Waals surface area contributed by atoms with Crippen molar-refractivity contribution in [2.75, 3.05) is 33.2 Å². The van der Waals surface area contributed by atoms with E-state index in [1.54, 1.807) is 21.3 Å². The molecule has 0 radical (unpaired) electrons. The molecule has 2 N–H and O–H groups in total. The van der Waals surface area contributed by atoms with E-state index in [4.69, 9.17) is 26.4 Å². The summed E-state index contributed by atoms with van der Waals surface area (Å²) in [7, 11) is 4.99. The van der Waals surface area contributed by atoms with E-state index in [2.05, 4.69) is 70.8 Å². The molecule has 0 unspecified atom stereocenters. The highest BCUT2D eigenvalue weighted by Gasteiger charge is 2.15. The second-order valence-electron chi connectivity index (χ2n) is 9.32. The number of nitrogens with zero attached hydrogens (tertiary/aromatic N) is 1. The monoisotopic (exact) mass is 531 g/mol. The van der Waals surface area contributed by atoms with Gasteiger partial charge in [-0.3, -0.25) is 0 Å². The molecule has 0 amide bonds. The molecular formula is C31H37N3O3S. The topological polar surface area (TPSA) is 58.8 Å². The molecule has 3 aromatic carbocycles. The van der Waals surface area contributed by atoms with Crippen LogP contribution in [0.15, 0.2) is 66.9 Å². The second-order valence-corrected chi connectivity index (χ2v) is 9.70. The van der Waals surface area contributed by atoms with Gasteiger partial charge in [0.25, 0.3) is 0 Å². The number of rotatable bonds is 12. The van der Waals surface area contributed by atoms with Crippen LogP contribution in [0.2, 0.25) is 0 Å². The van der Waals surface area contributed by atoms with Gasteiger partial charge in [0.2, 0.25) is 0 Å². The molecule has 0 atom stereocenters. The van der Waals surface area contributed by atoms with Crippen LogP contribution in [0.5, 0.6) is 17.2 Å². The standard InChI is InChI=1S/C31H37N3O3S/c1-5-6-7-22-8-11-25(12-9-22)33-31(38)34(21-23-10-15-29(36-3)30(18-23)37-4)17-16-24-20-32-28-14-13-26(35-2)19-27(24)28/h8-15,18-20,32H,5-7,16-17,21H2,1-4H3,(H,33,38). The minimum atomic E-state index is 0.631. The van der Waals surface area contributed by atoms with Crippen LogP contribution in [0, 0.1) is 0 Å². The van der Waals surface area contributed by atoms with E-state index in [1.807, 2.05) is 18.2 Å². The highest BCUT2D eigenvalue weighted by atomic mass is 32.1. The Morgan fingerprint density at radius 3 is 2.34 bits per heavy atom. The summed E-state index contributed by atoms with van der Waals surface area (Å²) in [6.07, 6.45) is 6.38. The first-order chi connectivity index (χ1) is 18.5. The van der Waals surface area contributed by atoms with Gasteiger partial charge in [0.15, 0.2) is 16.6 Å². The maximum Gasteiger partial charge on any atom is 0.173 e. The summed E-state index contributed by atoms with van der Waals surface area (Å²) in [5.74, 6) is 2.26. The van der Waals surface area contributed by atoms with Crippen LogP contribution >= 0.6 is 12.2 Å². The SMILES string of the molecule is CCCCc1ccc(NC(=S)N(CCc2c[nH]c3ccc(OC)cc23)Cc2ccc(OC)c(OC)c2)cc1. The van der Waals surface area contributed by atoms with Gasteiger partial charge in [-0.2, -0.15) is 0 Å². The molecule has 0 fully saturated rings. The number of nitrogens with one attached hydrogen (secondary N) is 2. The maximum absolute atomic E-state index is 5.93. The smallest absolute Gasteiger partial charge is 0.173 e. The van der Waals surface area contributed by atoms with Crippen LogP contribution in [-0.4, -0.2) is 42.9 Å². The molecule has 0 saturated heterocycles. The number of aromatic amines is 1. The number of aryl methyl sites for hydroxylation is 1. The Labute approximate surface area is 230 Å². The highest BCUT2D eigenvalue weighted by Crippen LogP contribution is 2.29. The molecule has 0 aliphatic heterocycles. The molecule has 0 saturated carbocycles. The van der Waals surface area contributed by atoms with Gasteiger partial charge in [0.05, 0.1) is 21.3 Å². The first-order valence-electron chi connectivity index (χ1n) is 13.0. The summed E-state index contributed by atoms with van der Waals surface area (Å²) in [6, 6.07) is 20.7. The van der Waals surface area contributed by atoms with Crippen molar-refractivity contribution < 1.29 is 14.2 Å². The van der Waals surface area contributed by atoms with Gasteiger partial charge in [-0.1, -0.05) is 31.5 Å². The van der Waals surface area contributed by atoms with Crippen LogP contribution in [0.1, 0.15) is 36.5 Å². The summed E-state index contributed by atoms with van der Waals surface area (Å²) in [5.41, 5.74) is 5.74. The maximum atomic E-state index is 5.93. The molecule has 38 heavy (non-hydrogen) atoms. The first-order valence-corrected chi connectivity index (χ1v) is 13.4. The second kappa shape index (κ2) is 13.2. The van der Waals surface area contributed by atoms with Crippen molar-refractivity contribution in [3.63, 3.8) is 0 Å². The summed E-state index contributed by atoms with van der Waals surface area (Å²) in [4.78, 5) is 5.57. The minimum Gasteiger partial charge on any atom is -0.497 e. The largest absolute Gasteiger partial charge is 0.497 e. The third kappa shape index (κ3) is 6.78. The molecule has 1 aromatic heterocycles. The van der Waals surface area contributed by atoms with E-state index in [1.165, 1.54) is 24.0 Å². The quantitative estimate of drug-likeness (QED) is 0.192. The van der Waals surface area contributed by atoms with E-state index in [0.717, 1.165) is 47.3 Å². The Balaban J connectivity index is 1.54. The number of benzene rings is 3. The molecule has 0 aliphatic rings. The number of thiocarbonyl (C=S) groups is 1. The third-order valence-corrected chi connectivity index (χ3v) is 7.12. The van der Waals surface area contributed by atoms with E-state index in [-0.39, 0.29) is 0 Å². The lowest BCUT2D eigenvalue weighted by Gasteiger charge is -2.26. The molecule has 4 aromatic rings. The van der Waals surface area contributed by atoms with E-state index in [9.17, 15) is 0 Å². The number of unbranched alkanes of at least 4 members (excludes halogenated alkanes) is 1. The Bertz CT molecular complexity index is 1350. The Hall–Kier alpha value is -3.71. The fraction of sp³-hybridized carbons (Fsp3) is 0.323. The van der Waals surface area contributed by atoms with Crippen molar-refractivity contribution in [3.05, 3.63) is 83.6 Å². The van der Waals surface area contributed by atoms with Crippen LogP contribution in [0.3, 0.4) is 0 Å². The van der Waals surface area contributed by atoms with Gasteiger partial charge < -0.3 is 29.4 Å². The number of H-pyrrole nitrogens is 1. The number of fused-ring (bicyclic) bond motifs is 1. The zero-order valence-electron chi connectivity index (χ0n) is 22.7. The predicted molar refractivity (Wildman–Crippen MR) is 160 cm³/mol. The lowest BCUT2D eigenvalue weighted by molar-refractivity contribution is 0.353. The normalized spacial score (nSPS) is 10.8. The number of hydrogen-bond acceptors (Lipinski definition) is 4. The summed E-state index contributed by atoms with van der Waals surface area (Å²) in [6.45, 7) is 3.58. The molecule has 1 heterocycles.